The Labute approximate surface area is 82.5 Å². The average Bonchev–Trinajstić information content (AvgIpc) is 2.21. The average molecular weight is 205 g/mol. The van der Waals surface area contributed by atoms with Gasteiger partial charge in [-0.1, -0.05) is 6.92 Å². The summed E-state index contributed by atoms with van der Waals surface area (Å²) in [4.78, 5) is 0. The molecule has 0 aromatic heterocycles. The first-order valence-electron chi connectivity index (χ1n) is 4.96. The molecule has 0 aromatic rings. The Kier molecular flexibility index (Phi) is 4.91. The fourth-order valence-electron chi connectivity index (χ4n) is 1.61. The third-order valence-corrected chi connectivity index (χ3v) is 4.85. The molecule has 0 bridgehead atoms. The number of hydrogen-bond acceptors (Lipinski definition) is 3. The summed E-state index contributed by atoms with van der Waals surface area (Å²) in [5, 5.41) is 0.505. The minimum Gasteiger partial charge on any atom is -0.381 e. The van der Waals surface area contributed by atoms with Gasteiger partial charge in [0, 0.05) is 41.1 Å². The predicted octanol–water partition coefficient (Wildman–Crippen LogP) is 0.651. The second-order valence-corrected chi connectivity index (χ2v) is 5.40. The van der Waals surface area contributed by atoms with E-state index in [0.29, 0.717) is 11.8 Å². The summed E-state index contributed by atoms with van der Waals surface area (Å²) in [6.07, 6.45) is 2.78. The molecule has 4 heteroatoms. The first kappa shape index (κ1) is 11.1. The lowest BCUT2D eigenvalue weighted by Crippen LogP contribution is -2.35. The van der Waals surface area contributed by atoms with E-state index in [2.05, 4.69) is 6.92 Å². The van der Waals surface area contributed by atoms with Crippen LogP contribution in [0.15, 0.2) is 0 Å². The first-order chi connectivity index (χ1) is 6.29. The Morgan fingerprint density at radius 2 is 2.15 bits per heavy atom. The SMILES string of the molecule is CCC(CN)S(=O)C1CCOCC1. The van der Waals surface area contributed by atoms with Crippen LogP contribution in [-0.4, -0.2) is 34.5 Å². The Morgan fingerprint density at radius 1 is 1.54 bits per heavy atom. The number of nitrogens with two attached hydrogens (primary N) is 1. The molecule has 0 radical (unpaired) electrons. The highest BCUT2D eigenvalue weighted by atomic mass is 32.2. The van der Waals surface area contributed by atoms with Crippen LogP contribution in [0.5, 0.6) is 0 Å². The van der Waals surface area contributed by atoms with Crippen LogP contribution in [0.2, 0.25) is 0 Å². The van der Waals surface area contributed by atoms with Crippen molar-refractivity contribution in [3.05, 3.63) is 0 Å². The van der Waals surface area contributed by atoms with E-state index in [1.165, 1.54) is 0 Å². The highest BCUT2D eigenvalue weighted by molar-refractivity contribution is 7.86. The van der Waals surface area contributed by atoms with E-state index >= 15 is 0 Å². The highest BCUT2D eigenvalue weighted by Crippen LogP contribution is 2.17. The van der Waals surface area contributed by atoms with Crippen LogP contribution in [0.25, 0.3) is 0 Å². The zero-order valence-corrected chi connectivity index (χ0v) is 9.02. The second-order valence-electron chi connectivity index (χ2n) is 3.41. The maximum atomic E-state index is 11.9. The van der Waals surface area contributed by atoms with Gasteiger partial charge in [-0.2, -0.15) is 0 Å². The molecule has 2 atom stereocenters. The van der Waals surface area contributed by atoms with Gasteiger partial charge in [-0.05, 0) is 19.3 Å². The van der Waals surface area contributed by atoms with Gasteiger partial charge in [0.05, 0.1) is 0 Å². The van der Waals surface area contributed by atoms with Crippen LogP contribution in [0.3, 0.4) is 0 Å². The molecule has 0 aliphatic carbocycles. The summed E-state index contributed by atoms with van der Waals surface area (Å²) < 4.78 is 17.2. The molecule has 1 saturated heterocycles. The van der Waals surface area contributed by atoms with Crippen LogP contribution in [0.4, 0.5) is 0 Å². The minimum atomic E-state index is -0.749. The molecule has 1 rings (SSSR count). The molecule has 2 unspecified atom stereocenters. The summed E-state index contributed by atoms with van der Waals surface area (Å²) in [5.41, 5.74) is 5.57. The summed E-state index contributed by atoms with van der Waals surface area (Å²) in [6.45, 7) is 4.12. The second kappa shape index (κ2) is 5.73. The standard InChI is InChI=1S/C9H19NO2S/c1-2-8(7-10)13(11)9-3-5-12-6-4-9/h8-9H,2-7,10H2,1H3. The van der Waals surface area contributed by atoms with Crippen molar-refractivity contribution in [2.45, 2.75) is 36.7 Å². The van der Waals surface area contributed by atoms with E-state index in [9.17, 15) is 4.21 Å². The zero-order chi connectivity index (χ0) is 9.68. The van der Waals surface area contributed by atoms with E-state index in [4.69, 9.17) is 10.5 Å². The molecule has 0 spiro atoms. The third-order valence-electron chi connectivity index (χ3n) is 2.54. The van der Waals surface area contributed by atoms with Crippen LogP contribution in [0.1, 0.15) is 26.2 Å². The molecule has 1 aliphatic heterocycles. The number of ether oxygens (including phenoxy) is 1. The van der Waals surface area contributed by atoms with Gasteiger partial charge in [0.1, 0.15) is 0 Å². The summed E-state index contributed by atoms with van der Waals surface area (Å²) in [7, 11) is -0.749. The Hall–Kier alpha value is 0.0700. The molecular formula is C9H19NO2S. The van der Waals surface area contributed by atoms with Gasteiger partial charge < -0.3 is 10.5 Å². The molecule has 2 N–H and O–H groups in total. The van der Waals surface area contributed by atoms with Gasteiger partial charge in [-0.15, -0.1) is 0 Å². The third kappa shape index (κ3) is 3.04. The van der Waals surface area contributed by atoms with Crippen molar-refractivity contribution in [2.75, 3.05) is 19.8 Å². The lowest BCUT2D eigenvalue weighted by molar-refractivity contribution is 0.0991. The fraction of sp³-hybridized carbons (Fsp3) is 1.00. The maximum Gasteiger partial charge on any atom is 0.0477 e. The van der Waals surface area contributed by atoms with Gasteiger partial charge in [-0.25, -0.2) is 0 Å². The van der Waals surface area contributed by atoms with Crippen molar-refractivity contribution in [1.82, 2.24) is 0 Å². The normalized spacial score (nSPS) is 24.2. The van der Waals surface area contributed by atoms with Crippen molar-refractivity contribution in [2.24, 2.45) is 5.73 Å². The van der Waals surface area contributed by atoms with Gasteiger partial charge in [0.25, 0.3) is 0 Å². The molecule has 1 fully saturated rings. The number of hydrogen-bond donors (Lipinski definition) is 1. The van der Waals surface area contributed by atoms with Gasteiger partial charge in [0.15, 0.2) is 0 Å². The zero-order valence-electron chi connectivity index (χ0n) is 8.20. The molecule has 13 heavy (non-hydrogen) atoms. The Bertz CT molecular complexity index is 165. The molecular weight excluding hydrogens is 186 g/mol. The van der Waals surface area contributed by atoms with E-state index in [1.54, 1.807) is 0 Å². The molecule has 78 valence electrons. The van der Waals surface area contributed by atoms with Gasteiger partial charge >= 0.3 is 0 Å². The van der Waals surface area contributed by atoms with E-state index in [0.717, 1.165) is 32.5 Å². The van der Waals surface area contributed by atoms with E-state index < -0.39 is 10.8 Å². The van der Waals surface area contributed by atoms with Crippen LogP contribution in [0, 0.1) is 0 Å². The first-order valence-corrected chi connectivity index (χ1v) is 6.24. The lowest BCUT2D eigenvalue weighted by Gasteiger charge is -2.25. The summed E-state index contributed by atoms with van der Waals surface area (Å²) in [5.74, 6) is 0. The molecule has 1 heterocycles. The maximum absolute atomic E-state index is 11.9. The Morgan fingerprint density at radius 3 is 2.62 bits per heavy atom. The van der Waals surface area contributed by atoms with Crippen molar-refractivity contribution in [3.63, 3.8) is 0 Å². The van der Waals surface area contributed by atoms with Crippen molar-refractivity contribution in [1.29, 1.82) is 0 Å². The topological polar surface area (TPSA) is 52.3 Å². The molecule has 0 saturated carbocycles. The molecule has 3 nitrogen and oxygen atoms in total. The summed E-state index contributed by atoms with van der Waals surface area (Å²) in [6, 6.07) is 0. The number of rotatable bonds is 4. The van der Waals surface area contributed by atoms with E-state index in [-0.39, 0.29) is 5.25 Å². The highest BCUT2D eigenvalue weighted by Gasteiger charge is 2.24. The van der Waals surface area contributed by atoms with Crippen LogP contribution < -0.4 is 5.73 Å². The van der Waals surface area contributed by atoms with Crippen molar-refractivity contribution < 1.29 is 8.95 Å². The minimum absolute atomic E-state index is 0.183. The van der Waals surface area contributed by atoms with Crippen LogP contribution in [-0.2, 0) is 15.5 Å². The quantitative estimate of drug-likeness (QED) is 0.733. The molecule has 0 amide bonds. The van der Waals surface area contributed by atoms with Gasteiger partial charge in [0.2, 0.25) is 0 Å². The van der Waals surface area contributed by atoms with Crippen LogP contribution >= 0.6 is 0 Å². The smallest absolute Gasteiger partial charge is 0.0477 e. The predicted molar refractivity (Wildman–Crippen MR) is 55.1 cm³/mol. The van der Waals surface area contributed by atoms with Crippen molar-refractivity contribution in [3.8, 4) is 0 Å². The van der Waals surface area contributed by atoms with E-state index in [1.807, 2.05) is 0 Å². The lowest BCUT2D eigenvalue weighted by atomic mass is 10.2. The fourth-order valence-corrected chi connectivity index (χ4v) is 3.33. The molecule has 1 aliphatic rings. The largest absolute Gasteiger partial charge is 0.381 e. The summed E-state index contributed by atoms with van der Waals surface area (Å²) >= 11 is 0. The Balaban J connectivity index is 2.44. The monoisotopic (exact) mass is 205 g/mol. The van der Waals surface area contributed by atoms with Crippen molar-refractivity contribution >= 4 is 10.8 Å². The van der Waals surface area contributed by atoms with Gasteiger partial charge in [-0.3, -0.25) is 4.21 Å². The molecule has 0 aromatic carbocycles.